The first-order valence-corrected chi connectivity index (χ1v) is 18.2. The van der Waals surface area contributed by atoms with E-state index in [9.17, 15) is 0 Å². The van der Waals surface area contributed by atoms with Crippen molar-refractivity contribution in [3.05, 3.63) is 179 Å². The highest BCUT2D eigenvalue weighted by Crippen LogP contribution is 2.37. The third-order valence-corrected chi connectivity index (χ3v) is 9.88. The molecule has 0 bridgehead atoms. The Morgan fingerprint density at radius 1 is 0.731 bits per heavy atom. The summed E-state index contributed by atoms with van der Waals surface area (Å²) in [5, 5.41) is 10.2. The topological polar surface area (TPSA) is 64.4 Å². The van der Waals surface area contributed by atoms with Crippen LogP contribution in [0.15, 0.2) is 169 Å². The van der Waals surface area contributed by atoms with Crippen molar-refractivity contribution in [3.8, 4) is 11.1 Å². The molecule has 52 heavy (non-hydrogen) atoms. The van der Waals surface area contributed by atoms with Gasteiger partial charge in [0.15, 0.2) is 0 Å². The molecule has 7 rings (SSSR count). The number of allylic oxidation sites excluding steroid dienone is 5. The molecule has 4 N–H and O–H groups in total. The van der Waals surface area contributed by atoms with Gasteiger partial charge in [0, 0.05) is 39.0 Å². The van der Waals surface area contributed by atoms with E-state index in [0.29, 0.717) is 12.4 Å². The van der Waals surface area contributed by atoms with Crippen molar-refractivity contribution in [1.29, 1.82) is 0 Å². The van der Waals surface area contributed by atoms with Gasteiger partial charge in [-0.05, 0) is 88.0 Å². The van der Waals surface area contributed by atoms with Gasteiger partial charge in [-0.2, -0.15) is 0 Å². The molecule has 1 aromatic heterocycles. The van der Waals surface area contributed by atoms with Crippen molar-refractivity contribution in [2.75, 3.05) is 13.6 Å². The molecule has 3 nitrogen and oxygen atoms in total. The fourth-order valence-electron chi connectivity index (χ4n) is 6.41. The Morgan fingerprint density at radius 3 is 1.75 bits per heavy atom. The predicted octanol–water partition coefficient (Wildman–Crippen LogP) is 10.8. The minimum atomic E-state index is 0.498. The number of hydrogen-bond donors (Lipinski definition) is 2. The highest BCUT2D eigenvalue weighted by molar-refractivity contribution is 7.17. The summed E-state index contributed by atoms with van der Waals surface area (Å²) < 4.78 is 2.32. The van der Waals surface area contributed by atoms with E-state index in [4.69, 9.17) is 11.5 Å². The maximum Gasteiger partial charge on any atom is 0.125 e. The minimum Gasteiger partial charge on any atom is -0.384 e. The molecule has 0 unspecified atom stereocenters. The summed E-state index contributed by atoms with van der Waals surface area (Å²) in [4.78, 5) is 3.85. The first kappa shape index (κ1) is 37.4. The summed E-state index contributed by atoms with van der Waals surface area (Å²) in [6.45, 7) is 18.1. The number of nitrogens with zero attached hydrogens (tertiary/aromatic N) is 1. The van der Waals surface area contributed by atoms with Crippen LogP contribution in [0.1, 0.15) is 26.3 Å². The maximum absolute atomic E-state index is 6.11. The van der Waals surface area contributed by atoms with Gasteiger partial charge in [-0.1, -0.05) is 152 Å². The van der Waals surface area contributed by atoms with Crippen molar-refractivity contribution in [2.45, 2.75) is 20.8 Å². The Morgan fingerprint density at radius 2 is 1.25 bits per heavy atom. The molecule has 0 saturated heterocycles. The Hall–Kier alpha value is -5.81. The quantitative estimate of drug-likeness (QED) is 0.0786. The molecular formula is C48H47N3S. The molecule has 0 saturated carbocycles. The summed E-state index contributed by atoms with van der Waals surface area (Å²) in [6.07, 6.45) is 7.96. The fourth-order valence-corrected chi connectivity index (χ4v) is 7.42. The van der Waals surface area contributed by atoms with Crippen LogP contribution in [-0.4, -0.2) is 19.4 Å². The molecule has 1 heterocycles. The standard InChI is InChI=1S/C32H25NS.C8H10N2.C8H12/c1-3-8-23(19-33)32-20(2)34-31-16-14-22(18-30(31)32)21-13-15-28-26-11-5-4-9-24(26)25-10-6-7-12-27(25)29(28)17-21;1-10-8(9)7-5-3-2-4-6-7;1-5-8(4)6-7(2)3/h3-18H,2,19,33H2,1H3;2-6H,1H3,(H2,9,10);5-6H,1-2H2,3-4H3/b8-3-,32-23-;;8-6-. The Kier molecular flexibility index (Phi) is 12.5. The molecule has 0 aliphatic heterocycles. The fraction of sp³-hybridized carbons (Fsp3) is 0.104. The second kappa shape index (κ2) is 17.4. The van der Waals surface area contributed by atoms with Crippen LogP contribution in [0.3, 0.4) is 0 Å². The number of aliphatic imine (C=N–C) groups is 1. The average Bonchev–Trinajstić information content (AvgIpc) is 3.51. The van der Waals surface area contributed by atoms with E-state index >= 15 is 0 Å². The molecule has 4 heteroatoms. The van der Waals surface area contributed by atoms with Crippen molar-refractivity contribution in [3.63, 3.8) is 0 Å². The molecule has 0 aliphatic rings. The van der Waals surface area contributed by atoms with Crippen LogP contribution in [0.25, 0.3) is 65.7 Å². The smallest absolute Gasteiger partial charge is 0.125 e. The van der Waals surface area contributed by atoms with Crippen LogP contribution in [-0.2, 0) is 0 Å². The van der Waals surface area contributed by atoms with E-state index in [0.717, 1.165) is 26.8 Å². The van der Waals surface area contributed by atoms with Gasteiger partial charge in [0.05, 0.1) is 0 Å². The zero-order chi connectivity index (χ0) is 37.2. The minimum absolute atomic E-state index is 0.498. The van der Waals surface area contributed by atoms with E-state index in [1.807, 2.05) is 69.3 Å². The summed E-state index contributed by atoms with van der Waals surface area (Å²) >= 11 is 1.74. The summed E-state index contributed by atoms with van der Waals surface area (Å²) in [5.74, 6) is 0.584. The summed E-state index contributed by atoms with van der Waals surface area (Å²) in [7, 11) is 1.68. The third kappa shape index (κ3) is 8.38. The maximum atomic E-state index is 6.11. The van der Waals surface area contributed by atoms with Crippen molar-refractivity contribution < 1.29 is 0 Å². The van der Waals surface area contributed by atoms with Gasteiger partial charge in [-0.15, -0.1) is 11.3 Å². The lowest BCUT2D eigenvalue weighted by atomic mass is 9.92. The molecule has 7 aromatic rings. The Bertz CT molecular complexity index is 2570. The number of benzene rings is 6. The number of nitrogens with two attached hydrogens (primary N) is 2. The number of rotatable bonds is 6. The third-order valence-electron chi connectivity index (χ3n) is 8.85. The molecule has 6 aromatic carbocycles. The SMILES string of the molecule is C=C/C(C)=C\C(=C)C.C=c1sc2ccc(-c3ccc4c5ccccc5c5ccccc5c4c3)cc2/c1=C(/C=C\C)CN.CN=C(N)c1ccccc1. The molecule has 0 fully saturated rings. The van der Waals surface area contributed by atoms with Crippen LogP contribution in [0.5, 0.6) is 0 Å². The number of amidine groups is 1. The van der Waals surface area contributed by atoms with Crippen LogP contribution in [0, 0.1) is 0 Å². The number of fused-ring (bicyclic) bond motifs is 7. The van der Waals surface area contributed by atoms with Crippen molar-refractivity contribution in [1.82, 2.24) is 0 Å². The van der Waals surface area contributed by atoms with E-state index in [2.05, 4.69) is 116 Å². The average molecular weight is 698 g/mol. The van der Waals surface area contributed by atoms with Gasteiger partial charge in [0.2, 0.25) is 0 Å². The largest absolute Gasteiger partial charge is 0.384 e. The highest BCUT2D eigenvalue weighted by Gasteiger charge is 2.11. The Balaban J connectivity index is 0.000000239. The second-order valence-electron chi connectivity index (χ2n) is 12.6. The lowest BCUT2D eigenvalue weighted by molar-refractivity contribution is 1.27. The van der Waals surface area contributed by atoms with Gasteiger partial charge in [-0.3, -0.25) is 4.99 Å². The lowest BCUT2D eigenvalue weighted by Gasteiger charge is -2.12. The molecular weight excluding hydrogens is 651 g/mol. The van der Waals surface area contributed by atoms with Gasteiger partial charge in [0.1, 0.15) is 5.84 Å². The van der Waals surface area contributed by atoms with E-state index < -0.39 is 0 Å². The number of thiophene rings is 1. The Labute approximate surface area is 311 Å². The first-order valence-electron chi connectivity index (χ1n) is 17.4. The monoisotopic (exact) mass is 697 g/mol. The van der Waals surface area contributed by atoms with E-state index in [1.165, 1.54) is 58.7 Å². The van der Waals surface area contributed by atoms with Crippen LogP contribution < -0.4 is 21.2 Å². The molecule has 260 valence electrons. The highest BCUT2D eigenvalue weighted by atomic mass is 32.1. The summed E-state index contributed by atoms with van der Waals surface area (Å²) in [5.41, 5.74) is 18.4. The van der Waals surface area contributed by atoms with E-state index in [-0.39, 0.29) is 0 Å². The van der Waals surface area contributed by atoms with Gasteiger partial charge in [-0.25, -0.2) is 0 Å². The molecule has 0 amide bonds. The molecule has 0 spiro atoms. The van der Waals surface area contributed by atoms with Crippen LogP contribution >= 0.6 is 11.3 Å². The normalized spacial score (nSPS) is 12.4. The van der Waals surface area contributed by atoms with Crippen molar-refractivity contribution in [2.24, 2.45) is 16.5 Å². The molecule has 0 atom stereocenters. The van der Waals surface area contributed by atoms with E-state index in [1.54, 1.807) is 18.4 Å². The van der Waals surface area contributed by atoms with Gasteiger partial charge < -0.3 is 11.5 Å². The zero-order valence-corrected chi connectivity index (χ0v) is 31.4. The summed E-state index contributed by atoms with van der Waals surface area (Å²) in [6, 6.07) is 40.8. The van der Waals surface area contributed by atoms with Crippen molar-refractivity contribution >= 4 is 71.7 Å². The zero-order valence-electron chi connectivity index (χ0n) is 30.6. The van der Waals surface area contributed by atoms with Gasteiger partial charge in [0.25, 0.3) is 0 Å². The predicted molar refractivity (Wildman–Crippen MR) is 234 cm³/mol. The van der Waals surface area contributed by atoms with Crippen LogP contribution in [0.4, 0.5) is 0 Å². The molecule has 0 aliphatic carbocycles. The lowest BCUT2D eigenvalue weighted by Crippen LogP contribution is -2.23. The molecule has 0 radical (unpaired) electrons. The number of hydrogen-bond acceptors (Lipinski definition) is 3. The first-order chi connectivity index (χ1) is 25.2. The second-order valence-corrected chi connectivity index (χ2v) is 13.7. The van der Waals surface area contributed by atoms with Crippen LogP contribution in [0.2, 0.25) is 0 Å². The van der Waals surface area contributed by atoms with Gasteiger partial charge >= 0.3 is 0 Å².